The van der Waals surface area contributed by atoms with Crippen LogP contribution in [0.15, 0.2) is 53.6 Å². The predicted molar refractivity (Wildman–Crippen MR) is 87.5 cm³/mol. The standard InChI is InChI=1S/C18H18N2O3/c1-20(2)19-15(14-9-5-6-10-16(14)21)11-17-12-7-3-4-8-13(12)18(22)23-17/h3-10,17,21H,11H2,1-2H3/b19-15+. The maximum atomic E-state index is 12.0. The summed E-state index contributed by atoms with van der Waals surface area (Å²) in [7, 11) is 3.63. The number of aromatic hydroxyl groups is 1. The largest absolute Gasteiger partial charge is 0.507 e. The Kier molecular flexibility index (Phi) is 4.02. The van der Waals surface area contributed by atoms with Gasteiger partial charge in [-0.1, -0.05) is 30.3 Å². The lowest BCUT2D eigenvalue weighted by Gasteiger charge is -2.16. The van der Waals surface area contributed by atoms with E-state index in [2.05, 4.69) is 5.10 Å². The van der Waals surface area contributed by atoms with E-state index in [-0.39, 0.29) is 11.7 Å². The highest BCUT2D eigenvalue weighted by Gasteiger charge is 2.32. The first-order valence-corrected chi connectivity index (χ1v) is 7.39. The topological polar surface area (TPSA) is 62.1 Å². The maximum Gasteiger partial charge on any atom is 0.339 e. The van der Waals surface area contributed by atoms with Crippen LogP contribution in [-0.4, -0.2) is 35.9 Å². The van der Waals surface area contributed by atoms with Crippen LogP contribution in [0, 0.1) is 0 Å². The predicted octanol–water partition coefficient (Wildman–Crippen LogP) is 2.96. The lowest BCUT2D eigenvalue weighted by molar-refractivity contribution is 0.0400. The van der Waals surface area contributed by atoms with Gasteiger partial charge in [-0.25, -0.2) is 4.79 Å². The minimum atomic E-state index is -0.392. The number of phenols is 1. The first kappa shape index (κ1) is 15.1. The number of carbonyl (C=O) groups is 1. The average molecular weight is 310 g/mol. The molecule has 1 unspecified atom stereocenters. The molecule has 3 rings (SSSR count). The van der Waals surface area contributed by atoms with Gasteiger partial charge in [0.15, 0.2) is 0 Å². The minimum Gasteiger partial charge on any atom is -0.507 e. The second-order valence-electron chi connectivity index (χ2n) is 5.60. The van der Waals surface area contributed by atoms with E-state index >= 15 is 0 Å². The third kappa shape index (κ3) is 3.04. The van der Waals surface area contributed by atoms with Gasteiger partial charge in [0.1, 0.15) is 11.9 Å². The van der Waals surface area contributed by atoms with Gasteiger partial charge in [-0.3, -0.25) is 0 Å². The molecule has 1 aliphatic heterocycles. The van der Waals surface area contributed by atoms with Crippen LogP contribution in [0.5, 0.6) is 5.75 Å². The van der Waals surface area contributed by atoms with Crippen molar-refractivity contribution in [2.24, 2.45) is 5.10 Å². The molecule has 0 bridgehead atoms. The van der Waals surface area contributed by atoms with E-state index in [9.17, 15) is 9.90 Å². The number of cyclic esters (lactones) is 1. The molecule has 2 aromatic carbocycles. The van der Waals surface area contributed by atoms with Gasteiger partial charge in [-0.2, -0.15) is 5.10 Å². The van der Waals surface area contributed by atoms with Gasteiger partial charge < -0.3 is 14.9 Å². The Morgan fingerprint density at radius 2 is 1.87 bits per heavy atom. The first-order valence-electron chi connectivity index (χ1n) is 7.39. The van der Waals surface area contributed by atoms with Gasteiger partial charge in [-0.15, -0.1) is 0 Å². The lowest BCUT2D eigenvalue weighted by Crippen LogP contribution is -2.14. The van der Waals surface area contributed by atoms with Gasteiger partial charge in [0.25, 0.3) is 0 Å². The summed E-state index contributed by atoms with van der Waals surface area (Å²) in [4.78, 5) is 12.0. The maximum absolute atomic E-state index is 12.0. The fraction of sp³-hybridized carbons (Fsp3) is 0.222. The molecule has 1 N–H and O–H groups in total. The quantitative estimate of drug-likeness (QED) is 0.536. The van der Waals surface area contributed by atoms with Crippen molar-refractivity contribution in [3.63, 3.8) is 0 Å². The molecule has 23 heavy (non-hydrogen) atoms. The van der Waals surface area contributed by atoms with Gasteiger partial charge in [0.2, 0.25) is 0 Å². The van der Waals surface area contributed by atoms with E-state index in [4.69, 9.17) is 4.74 Å². The molecular weight excluding hydrogens is 292 g/mol. The zero-order valence-corrected chi connectivity index (χ0v) is 13.1. The Bertz CT molecular complexity index is 768. The second kappa shape index (κ2) is 6.12. The third-order valence-corrected chi connectivity index (χ3v) is 3.69. The Morgan fingerprint density at radius 3 is 2.61 bits per heavy atom. The molecule has 0 spiro atoms. The van der Waals surface area contributed by atoms with Crippen LogP contribution < -0.4 is 0 Å². The first-order chi connectivity index (χ1) is 11.1. The van der Waals surface area contributed by atoms with E-state index in [0.717, 1.165) is 5.56 Å². The molecule has 5 heteroatoms. The van der Waals surface area contributed by atoms with Crippen molar-refractivity contribution in [1.29, 1.82) is 0 Å². The van der Waals surface area contributed by atoms with Crippen LogP contribution in [0.2, 0.25) is 0 Å². The van der Waals surface area contributed by atoms with E-state index in [1.54, 1.807) is 29.3 Å². The molecule has 1 aliphatic rings. The van der Waals surface area contributed by atoms with Crippen LogP contribution in [0.1, 0.15) is 34.0 Å². The molecule has 118 valence electrons. The van der Waals surface area contributed by atoms with Crippen molar-refractivity contribution in [3.8, 4) is 5.75 Å². The molecule has 0 aromatic heterocycles. The van der Waals surface area contributed by atoms with Crippen LogP contribution in [-0.2, 0) is 4.74 Å². The Balaban J connectivity index is 1.95. The highest BCUT2D eigenvalue weighted by Crippen LogP contribution is 2.34. The summed E-state index contributed by atoms with van der Waals surface area (Å²) >= 11 is 0. The number of hydrogen-bond donors (Lipinski definition) is 1. The molecule has 0 fully saturated rings. The number of ether oxygens (including phenoxy) is 1. The van der Waals surface area contributed by atoms with Crippen molar-refractivity contribution in [2.45, 2.75) is 12.5 Å². The Labute approximate surface area is 134 Å². The molecule has 5 nitrogen and oxygen atoms in total. The molecular formula is C18H18N2O3. The van der Waals surface area contributed by atoms with E-state index in [1.807, 2.05) is 38.4 Å². The van der Waals surface area contributed by atoms with Crippen molar-refractivity contribution in [3.05, 3.63) is 65.2 Å². The molecule has 1 atom stereocenters. The molecule has 0 aliphatic carbocycles. The summed E-state index contributed by atoms with van der Waals surface area (Å²) in [6.45, 7) is 0. The highest BCUT2D eigenvalue weighted by molar-refractivity contribution is 6.04. The monoisotopic (exact) mass is 310 g/mol. The van der Waals surface area contributed by atoms with Crippen molar-refractivity contribution in [1.82, 2.24) is 5.01 Å². The molecule has 0 saturated heterocycles. The van der Waals surface area contributed by atoms with Gasteiger partial charge in [0.05, 0.1) is 11.3 Å². The highest BCUT2D eigenvalue weighted by atomic mass is 16.5. The van der Waals surface area contributed by atoms with E-state index in [1.165, 1.54) is 0 Å². The fourth-order valence-electron chi connectivity index (χ4n) is 2.71. The smallest absolute Gasteiger partial charge is 0.339 e. The second-order valence-corrected chi connectivity index (χ2v) is 5.60. The van der Waals surface area contributed by atoms with Crippen LogP contribution in [0.4, 0.5) is 0 Å². The molecule has 2 aromatic rings. The molecule has 1 heterocycles. The summed E-state index contributed by atoms with van der Waals surface area (Å²) in [5.41, 5.74) is 2.77. The number of hydrogen-bond acceptors (Lipinski definition) is 5. The number of carbonyl (C=O) groups excluding carboxylic acids is 1. The number of benzene rings is 2. The third-order valence-electron chi connectivity index (χ3n) is 3.69. The van der Waals surface area contributed by atoms with Gasteiger partial charge in [-0.05, 0) is 18.2 Å². The van der Waals surface area contributed by atoms with E-state index in [0.29, 0.717) is 23.3 Å². The summed E-state index contributed by atoms with van der Waals surface area (Å²) < 4.78 is 5.49. The number of esters is 1. The normalized spacial score (nSPS) is 16.9. The number of rotatable bonds is 4. The van der Waals surface area contributed by atoms with Crippen LogP contribution >= 0.6 is 0 Å². The van der Waals surface area contributed by atoms with E-state index < -0.39 is 6.10 Å². The fourth-order valence-corrected chi connectivity index (χ4v) is 2.71. The number of hydrazone groups is 1. The van der Waals surface area contributed by atoms with Crippen LogP contribution in [0.3, 0.4) is 0 Å². The number of phenolic OH excluding ortho intramolecular Hbond substituents is 1. The lowest BCUT2D eigenvalue weighted by atomic mass is 9.97. The Morgan fingerprint density at radius 1 is 1.17 bits per heavy atom. The minimum absolute atomic E-state index is 0.158. The van der Waals surface area contributed by atoms with Crippen molar-refractivity contribution < 1.29 is 14.6 Å². The number of fused-ring (bicyclic) bond motifs is 1. The molecule has 0 radical (unpaired) electrons. The summed E-state index contributed by atoms with van der Waals surface area (Å²) in [6.07, 6.45) is 0.00964. The summed E-state index contributed by atoms with van der Waals surface area (Å²) in [5, 5.41) is 16.2. The number of nitrogens with zero attached hydrogens (tertiary/aromatic N) is 2. The Hall–Kier alpha value is -2.82. The summed E-state index contributed by atoms with van der Waals surface area (Å²) in [5.74, 6) is -0.155. The molecule has 0 saturated carbocycles. The average Bonchev–Trinajstić information content (AvgIpc) is 2.84. The zero-order valence-electron chi connectivity index (χ0n) is 13.1. The zero-order chi connectivity index (χ0) is 16.4. The van der Waals surface area contributed by atoms with Gasteiger partial charge >= 0.3 is 5.97 Å². The van der Waals surface area contributed by atoms with Crippen LogP contribution in [0.25, 0.3) is 0 Å². The van der Waals surface area contributed by atoms with Gasteiger partial charge in [0, 0.05) is 31.6 Å². The van der Waals surface area contributed by atoms with Crippen molar-refractivity contribution >= 4 is 11.7 Å². The van der Waals surface area contributed by atoms with Crippen molar-refractivity contribution in [2.75, 3.05) is 14.1 Å². The molecule has 0 amide bonds. The summed E-state index contributed by atoms with van der Waals surface area (Å²) in [6, 6.07) is 14.4. The SMILES string of the molecule is CN(C)/N=C(\CC1OC(=O)c2ccccc21)c1ccccc1O. The number of para-hydroxylation sites is 1.